The van der Waals surface area contributed by atoms with Crippen LogP contribution in [0.2, 0.25) is 5.02 Å². The summed E-state index contributed by atoms with van der Waals surface area (Å²) in [5.41, 5.74) is 3.92. The van der Waals surface area contributed by atoms with Gasteiger partial charge in [-0.25, -0.2) is 4.79 Å². The van der Waals surface area contributed by atoms with Crippen LogP contribution in [0.4, 0.5) is 16.3 Å². The summed E-state index contributed by atoms with van der Waals surface area (Å²) in [6.45, 7) is 3.86. The first kappa shape index (κ1) is 27.7. The molecule has 3 aromatic rings. The molecule has 0 spiro atoms. The molecular formula is C32H34ClN7O3. The second-order valence-corrected chi connectivity index (χ2v) is 12.4. The largest absolute Gasteiger partial charge is 0.465 e. The fourth-order valence-electron chi connectivity index (χ4n) is 7.36. The van der Waals surface area contributed by atoms with Gasteiger partial charge in [0.25, 0.3) is 0 Å². The number of piperazine rings is 1. The number of ether oxygens (including phenoxy) is 1. The summed E-state index contributed by atoms with van der Waals surface area (Å²) >= 11 is 6.70. The Morgan fingerprint density at radius 3 is 2.79 bits per heavy atom. The predicted octanol–water partition coefficient (Wildman–Crippen LogP) is 4.71. The number of nitriles is 1. The number of amides is 1. The van der Waals surface area contributed by atoms with Crippen molar-refractivity contribution in [2.24, 2.45) is 0 Å². The first-order valence-corrected chi connectivity index (χ1v) is 15.3. The van der Waals surface area contributed by atoms with Gasteiger partial charge >= 0.3 is 12.1 Å². The molecule has 4 aliphatic rings. The number of fused-ring (bicyclic) bond motifs is 4. The van der Waals surface area contributed by atoms with Crippen molar-refractivity contribution in [1.29, 1.82) is 5.26 Å². The van der Waals surface area contributed by atoms with Gasteiger partial charge in [-0.05, 0) is 62.4 Å². The SMILES string of the molecule is CN1CCC[C@H]1COc1nc2c(c(N3CC4CC(=CC#N)C(C3)N4C(=O)O)n1)CCN(c1cccc3cccc(Cl)c13)C2. The number of allylic oxidation sites excluding steroid dienone is 1. The molecule has 222 valence electrons. The third kappa shape index (κ3) is 5.00. The molecule has 11 heteroatoms. The first-order chi connectivity index (χ1) is 20.9. The topological polar surface area (TPSA) is 109 Å². The van der Waals surface area contributed by atoms with Crippen LogP contribution < -0.4 is 14.5 Å². The normalized spacial score (nSPS) is 24.4. The number of halogens is 1. The van der Waals surface area contributed by atoms with Gasteiger partial charge in [-0.3, -0.25) is 4.90 Å². The summed E-state index contributed by atoms with van der Waals surface area (Å²) in [5, 5.41) is 22.2. The molecule has 2 aromatic carbocycles. The zero-order valence-electron chi connectivity index (χ0n) is 24.1. The summed E-state index contributed by atoms with van der Waals surface area (Å²) in [4.78, 5) is 30.4. The Kier molecular flexibility index (Phi) is 7.23. The Morgan fingerprint density at radius 2 is 2.02 bits per heavy atom. The van der Waals surface area contributed by atoms with Crippen molar-refractivity contribution in [2.75, 3.05) is 49.6 Å². The molecule has 43 heavy (non-hydrogen) atoms. The van der Waals surface area contributed by atoms with E-state index in [2.05, 4.69) is 52.1 Å². The maximum Gasteiger partial charge on any atom is 0.408 e. The number of carboxylic acid groups (broad SMARTS) is 1. The minimum absolute atomic E-state index is 0.240. The van der Waals surface area contributed by atoms with Crippen LogP contribution in [0, 0.1) is 11.3 Å². The molecule has 4 aliphatic heterocycles. The number of nitrogens with zero attached hydrogens (tertiary/aromatic N) is 7. The highest BCUT2D eigenvalue weighted by Gasteiger charge is 2.46. The van der Waals surface area contributed by atoms with E-state index >= 15 is 0 Å². The summed E-state index contributed by atoms with van der Waals surface area (Å²) in [5.74, 6) is 0.814. The van der Waals surface area contributed by atoms with Gasteiger partial charge in [0.2, 0.25) is 0 Å². The molecule has 10 nitrogen and oxygen atoms in total. The van der Waals surface area contributed by atoms with Crippen LogP contribution in [-0.4, -0.2) is 88.9 Å². The number of carbonyl (C=O) groups is 1. The van der Waals surface area contributed by atoms with Crippen molar-refractivity contribution in [2.45, 2.75) is 50.4 Å². The van der Waals surface area contributed by atoms with E-state index in [0.29, 0.717) is 44.7 Å². The van der Waals surface area contributed by atoms with E-state index in [4.69, 9.17) is 26.3 Å². The Hall–Kier alpha value is -4.07. The Bertz CT molecular complexity index is 1650. The van der Waals surface area contributed by atoms with Crippen molar-refractivity contribution in [3.8, 4) is 12.1 Å². The van der Waals surface area contributed by atoms with Gasteiger partial charge in [0.15, 0.2) is 0 Å². The molecule has 5 heterocycles. The summed E-state index contributed by atoms with van der Waals surface area (Å²) < 4.78 is 6.29. The van der Waals surface area contributed by atoms with Gasteiger partial charge in [0.1, 0.15) is 12.4 Å². The zero-order valence-corrected chi connectivity index (χ0v) is 24.9. The average Bonchev–Trinajstić information content (AvgIpc) is 3.52. The maximum atomic E-state index is 12.2. The van der Waals surface area contributed by atoms with Gasteiger partial charge in [-0.2, -0.15) is 15.2 Å². The lowest BCUT2D eigenvalue weighted by molar-refractivity contribution is 0.117. The van der Waals surface area contributed by atoms with Crippen molar-refractivity contribution >= 4 is 40.0 Å². The fraction of sp³-hybridized carbons (Fsp3) is 0.438. The van der Waals surface area contributed by atoms with E-state index in [9.17, 15) is 15.2 Å². The Labute approximate surface area is 255 Å². The smallest absolute Gasteiger partial charge is 0.408 e. The van der Waals surface area contributed by atoms with Gasteiger partial charge in [0.05, 0.1) is 35.4 Å². The van der Waals surface area contributed by atoms with Crippen molar-refractivity contribution < 1.29 is 14.6 Å². The number of hydrogen-bond acceptors (Lipinski definition) is 8. The highest BCUT2D eigenvalue weighted by atomic mass is 35.5. The van der Waals surface area contributed by atoms with Gasteiger partial charge in [-0.15, -0.1) is 0 Å². The van der Waals surface area contributed by atoms with E-state index in [1.54, 1.807) is 0 Å². The zero-order chi connectivity index (χ0) is 29.7. The fourth-order valence-corrected chi connectivity index (χ4v) is 7.63. The average molecular weight is 600 g/mol. The lowest BCUT2D eigenvalue weighted by atomic mass is 10.0. The van der Waals surface area contributed by atoms with Gasteiger partial charge in [-0.1, -0.05) is 35.9 Å². The molecule has 3 fully saturated rings. The summed E-state index contributed by atoms with van der Waals surface area (Å²) in [7, 11) is 2.12. The van der Waals surface area contributed by atoms with Crippen LogP contribution in [-0.2, 0) is 13.0 Å². The third-order valence-electron chi connectivity index (χ3n) is 9.49. The van der Waals surface area contributed by atoms with E-state index in [-0.39, 0.29) is 12.1 Å². The summed E-state index contributed by atoms with van der Waals surface area (Å²) in [6.07, 6.45) is 4.08. The molecule has 1 amide bonds. The molecule has 0 aliphatic carbocycles. The lowest BCUT2D eigenvalue weighted by Crippen LogP contribution is -2.56. The molecule has 1 N–H and O–H groups in total. The highest BCUT2D eigenvalue weighted by molar-refractivity contribution is 6.36. The number of rotatable bonds is 5. The second-order valence-electron chi connectivity index (χ2n) is 11.9. The van der Waals surface area contributed by atoms with Crippen LogP contribution >= 0.6 is 11.6 Å². The number of hydrogen-bond donors (Lipinski definition) is 1. The van der Waals surface area contributed by atoms with E-state index < -0.39 is 6.09 Å². The number of likely N-dealkylation sites (N-methyl/N-ethyl adjacent to an activating group) is 1. The van der Waals surface area contributed by atoms with E-state index in [1.807, 2.05) is 12.1 Å². The van der Waals surface area contributed by atoms with Crippen molar-refractivity contribution in [3.63, 3.8) is 0 Å². The minimum atomic E-state index is -0.949. The lowest BCUT2D eigenvalue weighted by Gasteiger charge is -2.41. The summed E-state index contributed by atoms with van der Waals surface area (Å²) in [6, 6.07) is 14.4. The molecule has 1 aromatic heterocycles. The molecular weight excluding hydrogens is 566 g/mol. The van der Waals surface area contributed by atoms with Gasteiger partial charge < -0.3 is 24.5 Å². The molecule has 0 radical (unpaired) electrons. The van der Waals surface area contributed by atoms with Crippen molar-refractivity contribution in [3.05, 3.63) is 64.3 Å². The second kappa shape index (κ2) is 11.2. The third-order valence-corrected chi connectivity index (χ3v) is 9.81. The molecule has 3 saturated heterocycles. The quantitative estimate of drug-likeness (QED) is 0.417. The van der Waals surface area contributed by atoms with Crippen LogP contribution in [0.1, 0.15) is 30.5 Å². The van der Waals surface area contributed by atoms with Crippen LogP contribution in [0.5, 0.6) is 6.01 Å². The maximum absolute atomic E-state index is 12.2. The first-order valence-electron chi connectivity index (χ1n) is 14.9. The Balaban J connectivity index is 1.25. The van der Waals surface area contributed by atoms with E-state index in [1.165, 1.54) is 11.0 Å². The number of likely N-dealkylation sites (tertiary alicyclic amines) is 1. The van der Waals surface area contributed by atoms with E-state index in [0.717, 1.165) is 76.5 Å². The van der Waals surface area contributed by atoms with Crippen LogP contribution in [0.15, 0.2) is 48.0 Å². The molecule has 3 atom stereocenters. The molecule has 7 rings (SSSR count). The standard InChI is InChI=1S/C32H34ClN7O3/c1-37-13-4-7-22(37)19-43-31-35-26-17-38(27-9-3-6-20-5-2-8-25(33)29(20)27)14-11-24(26)30(36-31)39-16-23-15-21(10-12-34)28(18-39)40(23)32(41)42/h2-3,5-6,8-10,22-23,28H,4,7,11,13-19H2,1H3,(H,41,42)/t22-,23?,28?/m0/s1. The number of anilines is 2. The van der Waals surface area contributed by atoms with Crippen LogP contribution in [0.25, 0.3) is 10.8 Å². The molecule has 2 unspecified atom stereocenters. The molecule has 2 bridgehead atoms. The highest BCUT2D eigenvalue weighted by Crippen LogP contribution is 2.40. The van der Waals surface area contributed by atoms with Crippen molar-refractivity contribution in [1.82, 2.24) is 19.8 Å². The monoisotopic (exact) mass is 599 g/mol. The van der Waals surface area contributed by atoms with Gasteiger partial charge in [0, 0.05) is 48.4 Å². The Morgan fingerprint density at radius 1 is 1.19 bits per heavy atom. The predicted molar refractivity (Wildman–Crippen MR) is 165 cm³/mol. The van der Waals surface area contributed by atoms with Crippen LogP contribution in [0.3, 0.4) is 0 Å². The minimum Gasteiger partial charge on any atom is -0.465 e. The molecule has 0 saturated carbocycles. The number of benzene rings is 2. The number of aromatic nitrogens is 2.